The Kier molecular flexibility index (Phi) is 5.60. The second-order valence-electron chi connectivity index (χ2n) is 4.63. The monoisotopic (exact) mass is 327 g/mol. The van der Waals surface area contributed by atoms with Crippen molar-refractivity contribution in [2.75, 3.05) is 0 Å². The van der Waals surface area contributed by atoms with Gasteiger partial charge in [-0.3, -0.25) is 0 Å². The maximum atomic E-state index is 12.0. The molecule has 0 saturated heterocycles. The zero-order valence-corrected chi connectivity index (χ0v) is 12.2. The Morgan fingerprint density at radius 1 is 1.24 bits per heavy atom. The number of hydrogen-bond donors (Lipinski definition) is 2. The molecule has 0 aliphatic carbocycles. The zero-order chi connectivity index (χ0) is 16.3. The Bertz CT molecular complexity index is 555. The molecule has 2 N–H and O–H groups in total. The SMILES string of the molecule is CC(O)CC(C)NS(=O)(=O)c1ccc(OC(F)(F)F)cc1. The van der Waals surface area contributed by atoms with Gasteiger partial charge in [0.2, 0.25) is 10.0 Å². The fraction of sp³-hybridized carbons (Fsp3) is 0.500. The first-order valence-electron chi connectivity index (χ1n) is 6.06. The molecule has 0 spiro atoms. The largest absolute Gasteiger partial charge is 0.573 e. The number of hydrogen-bond acceptors (Lipinski definition) is 4. The second-order valence-corrected chi connectivity index (χ2v) is 6.34. The summed E-state index contributed by atoms with van der Waals surface area (Å²) in [6.07, 6.45) is -5.29. The molecule has 0 bridgehead atoms. The van der Waals surface area contributed by atoms with E-state index < -0.39 is 34.3 Å². The zero-order valence-electron chi connectivity index (χ0n) is 11.4. The summed E-state index contributed by atoms with van der Waals surface area (Å²) >= 11 is 0. The van der Waals surface area contributed by atoms with Crippen molar-refractivity contribution in [3.8, 4) is 5.75 Å². The number of halogens is 3. The van der Waals surface area contributed by atoms with Crippen LogP contribution in [0.2, 0.25) is 0 Å². The van der Waals surface area contributed by atoms with E-state index in [0.717, 1.165) is 24.3 Å². The first-order chi connectivity index (χ1) is 9.49. The lowest BCUT2D eigenvalue weighted by Crippen LogP contribution is -2.34. The van der Waals surface area contributed by atoms with Crippen LogP contribution in [0.1, 0.15) is 20.3 Å². The van der Waals surface area contributed by atoms with Crippen molar-refractivity contribution < 1.29 is 31.4 Å². The second kappa shape index (κ2) is 6.63. The van der Waals surface area contributed by atoms with Gasteiger partial charge in [-0.15, -0.1) is 13.2 Å². The van der Waals surface area contributed by atoms with E-state index in [-0.39, 0.29) is 11.3 Å². The van der Waals surface area contributed by atoms with Crippen LogP contribution in [-0.2, 0) is 10.0 Å². The standard InChI is InChI=1S/C12H16F3NO4S/c1-8(7-9(2)17)16-21(18,19)11-5-3-10(4-6-11)20-12(13,14)15/h3-6,8-9,16-17H,7H2,1-2H3. The van der Waals surface area contributed by atoms with Crippen molar-refractivity contribution in [1.29, 1.82) is 0 Å². The van der Waals surface area contributed by atoms with E-state index in [9.17, 15) is 26.7 Å². The number of aliphatic hydroxyl groups is 1. The van der Waals surface area contributed by atoms with Crippen molar-refractivity contribution in [3.63, 3.8) is 0 Å². The molecule has 0 fully saturated rings. The lowest BCUT2D eigenvalue weighted by molar-refractivity contribution is -0.274. The molecule has 2 atom stereocenters. The van der Waals surface area contributed by atoms with Crippen LogP contribution in [0.15, 0.2) is 29.2 Å². The number of sulfonamides is 1. The Balaban J connectivity index is 2.80. The molecule has 120 valence electrons. The molecule has 1 rings (SSSR count). The van der Waals surface area contributed by atoms with Crippen LogP contribution in [0.4, 0.5) is 13.2 Å². The maximum absolute atomic E-state index is 12.0. The predicted octanol–water partition coefficient (Wildman–Crippen LogP) is 2.02. The number of aliphatic hydroxyl groups excluding tert-OH is 1. The molecule has 0 heterocycles. The normalized spacial score (nSPS) is 15.5. The summed E-state index contributed by atoms with van der Waals surface area (Å²) in [6.45, 7) is 3.10. The highest BCUT2D eigenvalue weighted by molar-refractivity contribution is 7.89. The highest BCUT2D eigenvalue weighted by Gasteiger charge is 2.31. The number of nitrogens with one attached hydrogen (secondary N) is 1. The van der Waals surface area contributed by atoms with E-state index in [1.807, 2.05) is 0 Å². The van der Waals surface area contributed by atoms with Gasteiger partial charge < -0.3 is 9.84 Å². The molecule has 0 radical (unpaired) electrons. The Hall–Kier alpha value is -1.32. The predicted molar refractivity (Wildman–Crippen MR) is 69.2 cm³/mol. The Labute approximate surface area is 120 Å². The van der Waals surface area contributed by atoms with Crippen molar-refractivity contribution in [1.82, 2.24) is 4.72 Å². The summed E-state index contributed by atoms with van der Waals surface area (Å²) in [4.78, 5) is -0.186. The highest BCUT2D eigenvalue weighted by Crippen LogP contribution is 2.23. The summed E-state index contributed by atoms with van der Waals surface area (Å²) < 4.78 is 65.9. The highest BCUT2D eigenvalue weighted by atomic mass is 32.2. The van der Waals surface area contributed by atoms with Gasteiger partial charge in [-0.2, -0.15) is 0 Å². The molecule has 0 aromatic heterocycles. The molecule has 21 heavy (non-hydrogen) atoms. The number of benzene rings is 1. The van der Waals surface area contributed by atoms with Gasteiger partial charge in [-0.1, -0.05) is 0 Å². The van der Waals surface area contributed by atoms with Gasteiger partial charge in [0.05, 0.1) is 11.0 Å². The first kappa shape index (κ1) is 17.7. The molecule has 1 aromatic carbocycles. The molecule has 0 aliphatic heterocycles. The van der Waals surface area contributed by atoms with E-state index >= 15 is 0 Å². The average Bonchev–Trinajstić information content (AvgIpc) is 2.25. The van der Waals surface area contributed by atoms with Crippen LogP contribution in [-0.4, -0.2) is 32.0 Å². The molecule has 0 aliphatic rings. The van der Waals surface area contributed by atoms with Crippen LogP contribution >= 0.6 is 0 Å². The third-order valence-electron chi connectivity index (χ3n) is 2.42. The molecule has 9 heteroatoms. The van der Waals surface area contributed by atoms with Crippen LogP contribution < -0.4 is 9.46 Å². The van der Waals surface area contributed by atoms with Gasteiger partial charge in [0.1, 0.15) is 5.75 Å². The van der Waals surface area contributed by atoms with E-state index in [4.69, 9.17) is 0 Å². The fourth-order valence-corrected chi connectivity index (χ4v) is 2.97. The first-order valence-corrected chi connectivity index (χ1v) is 7.54. The van der Waals surface area contributed by atoms with E-state index in [1.165, 1.54) is 6.92 Å². The van der Waals surface area contributed by atoms with Crippen molar-refractivity contribution >= 4 is 10.0 Å². The minimum atomic E-state index is -4.83. The Morgan fingerprint density at radius 3 is 2.19 bits per heavy atom. The summed E-state index contributed by atoms with van der Waals surface area (Å²) in [5.74, 6) is -0.501. The average molecular weight is 327 g/mol. The van der Waals surface area contributed by atoms with E-state index in [2.05, 4.69) is 9.46 Å². The van der Waals surface area contributed by atoms with Crippen LogP contribution in [0.25, 0.3) is 0 Å². The van der Waals surface area contributed by atoms with Crippen molar-refractivity contribution in [2.24, 2.45) is 0 Å². The smallest absolute Gasteiger partial charge is 0.406 e. The van der Waals surface area contributed by atoms with Gasteiger partial charge >= 0.3 is 6.36 Å². The molecular weight excluding hydrogens is 311 g/mol. The third-order valence-corrected chi connectivity index (χ3v) is 4.02. The molecular formula is C12H16F3NO4S. The van der Waals surface area contributed by atoms with E-state index in [1.54, 1.807) is 6.92 Å². The van der Waals surface area contributed by atoms with Gasteiger partial charge in [0.15, 0.2) is 0 Å². The van der Waals surface area contributed by atoms with E-state index in [0.29, 0.717) is 0 Å². The minimum Gasteiger partial charge on any atom is -0.406 e. The lowest BCUT2D eigenvalue weighted by atomic mass is 10.2. The topological polar surface area (TPSA) is 75.6 Å². The van der Waals surface area contributed by atoms with Crippen molar-refractivity contribution in [3.05, 3.63) is 24.3 Å². The van der Waals surface area contributed by atoms with Gasteiger partial charge in [0.25, 0.3) is 0 Å². The number of rotatable bonds is 6. The lowest BCUT2D eigenvalue weighted by Gasteiger charge is -2.16. The quantitative estimate of drug-likeness (QED) is 0.838. The minimum absolute atomic E-state index is 0.186. The van der Waals surface area contributed by atoms with Crippen LogP contribution in [0.5, 0.6) is 5.75 Å². The molecule has 1 aromatic rings. The van der Waals surface area contributed by atoms with Gasteiger partial charge in [-0.25, -0.2) is 13.1 Å². The third kappa shape index (κ3) is 6.32. The summed E-state index contributed by atoms with van der Waals surface area (Å²) in [7, 11) is -3.86. The number of alkyl halides is 3. The fourth-order valence-electron chi connectivity index (χ4n) is 1.71. The molecule has 0 saturated carbocycles. The molecule has 0 amide bonds. The summed E-state index contributed by atoms with van der Waals surface area (Å²) in [5.41, 5.74) is 0. The van der Waals surface area contributed by atoms with Crippen LogP contribution in [0.3, 0.4) is 0 Å². The molecule has 5 nitrogen and oxygen atoms in total. The number of ether oxygens (including phenoxy) is 1. The van der Waals surface area contributed by atoms with Gasteiger partial charge in [-0.05, 0) is 44.5 Å². The Morgan fingerprint density at radius 2 is 1.76 bits per heavy atom. The maximum Gasteiger partial charge on any atom is 0.573 e. The molecule has 2 unspecified atom stereocenters. The summed E-state index contributed by atoms with van der Waals surface area (Å²) in [5, 5.41) is 9.18. The summed E-state index contributed by atoms with van der Waals surface area (Å²) in [6, 6.07) is 3.35. The van der Waals surface area contributed by atoms with Gasteiger partial charge in [0, 0.05) is 6.04 Å². The van der Waals surface area contributed by atoms with Crippen LogP contribution in [0, 0.1) is 0 Å². The van der Waals surface area contributed by atoms with Crippen molar-refractivity contribution in [2.45, 2.75) is 43.7 Å².